The van der Waals surface area contributed by atoms with Gasteiger partial charge in [-0.25, -0.2) is 0 Å². The van der Waals surface area contributed by atoms with Crippen molar-refractivity contribution in [3.8, 4) is 11.5 Å². The number of likely N-dealkylation sites (tertiary alicyclic amines) is 1. The van der Waals surface area contributed by atoms with Crippen molar-refractivity contribution >= 4 is 23.6 Å². The highest BCUT2D eigenvalue weighted by molar-refractivity contribution is 6.30. The van der Waals surface area contributed by atoms with Gasteiger partial charge < -0.3 is 14.4 Å². The number of methoxy groups -OCH3 is 2. The predicted molar refractivity (Wildman–Crippen MR) is 104 cm³/mol. The van der Waals surface area contributed by atoms with Crippen LogP contribution in [0.3, 0.4) is 0 Å². The van der Waals surface area contributed by atoms with Crippen molar-refractivity contribution in [2.24, 2.45) is 0 Å². The van der Waals surface area contributed by atoms with E-state index < -0.39 is 0 Å². The van der Waals surface area contributed by atoms with E-state index in [0.717, 1.165) is 42.0 Å². The third-order valence-corrected chi connectivity index (χ3v) is 4.88. The van der Waals surface area contributed by atoms with E-state index in [1.807, 2.05) is 53.4 Å². The van der Waals surface area contributed by atoms with E-state index >= 15 is 0 Å². The lowest BCUT2D eigenvalue weighted by molar-refractivity contribution is -0.126. The Kier molecular flexibility index (Phi) is 5.84. The molecule has 1 aliphatic rings. The van der Waals surface area contributed by atoms with Gasteiger partial charge in [0.25, 0.3) is 0 Å². The van der Waals surface area contributed by atoms with E-state index in [2.05, 4.69) is 0 Å². The first-order chi connectivity index (χ1) is 12.6. The van der Waals surface area contributed by atoms with E-state index in [1.165, 1.54) is 0 Å². The maximum absolute atomic E-state index is 12.7. The Bertz CT molecular complexity index is 801. The molecule has 1 aliphatic heterocycles. The summed E-state index contributed by atoms with van der Waals surface area (Å²) in [5.41, 5.74) is 1.96. The number of carbonyl (C=O) groups is 1. The Hall–Kier alpha value is -2.46. The van der Waals surface area contributed by atoms with Gasteiger partial charge in [0.2, 0.25) is 5.91 Å². The Morgan fingerprint density at radius 2 is 1.92 bits per heavy atom. The molecule has 1 atom stereocenters. The summed E-state index contributed by atoms with van der Waals surface area (Å²) >= 11 is 5.90. The highest BCUT2D eigenvalue weighted by Gasteiger charge is 2.30. The van der Waals surface area contributed by atoms with Crippen LogP contribution in [0.15, 0.2) is 48.5 Å². The fraction of sp³-hybridized carbons (Fsp3) is 0.286. The standard InChI is InChI=1S/C21H22ClNO3/c1-25-17-10-11-18(20(14-17)26-2)19-4-3-13-23(19)21(24)12-7-15-5-8-16(22)9-6-15/h5-12,14,19H,3-4,13H2,1-2H3. The molecule has 0 bridgehead atoms. The molecule has 0 radical (unpaired) electrons. The Morgan fingerprint density at radius 1 is 1.15 bits per heavy atom. The van der Waals surface area contributed by atoms with E-state index in [4.69, 9.17) is 21.1 Å². The summed E-state index contributed by atoms with van der Waals surface area (Å²) in [7, 11) is 3.27. The van der Waals surface area contributed by atoms with Crippen LogP contribution in [-0.4, -0.2) is 31.6 Å². The average molecular weight is 372 g/mol. The quantitative estimate of drug-likeness (QED) is 0.713. The molecule has 0 aliphatic carbocycles. The van der Waals surface area contributed by atoms with Crippen molar-refractivity contribution in [1.82, 2.24) is 4.90 Å². The van der Waals surface area contributed by atoms with Gasteiger partial charge in [0.1, 0.15) is 11.5 Å². The van der Waals surface area contributed by atoms with Crippen molar-refractivity contribution in [3.05, 3.63) is 64.7 Å². The van der Waals surface area contributed by atoms with Crippen molar-refractivity contribution < 1.29 is 14.3 Å². The van der Waals surface area contributed by atoms with Crippen molar-refractivity contribution in [2.45, 2.75) is 18.9 Å². The summed E-state index contributed by atoms with van der Waals surface area (Å²) in [5, 5.41) is 0.680. The summed E-state index contributed by atoms with van der Waals surface area (Å²) in [6.45, 7) is 0.740. The minimum absolute atomic E-state index is 0.000297. The highest BCUT2D eigenvalue weighted by Crippen LogP contribution is 2.38. The van der Waals surface area contributed by atoms with E-state index in [0.29, 0.717) is 5.02 Å². The number of rotatable bonds is 5. The number of nitrogens with zero attached hydrogens (tertiary/aromatic N) is 1. The molecule has 1 fully saturated rings. The molecule has 2 aromatic carbocycles. The van der Waals surface area contributed by atoms with Gasteiger partial charge in [-0.15, -0.1) is 0 Å². The molecule has 0 N–H and O–H groups in total. The summed E-state index contributed by atoms with van der Waals surface area (Å²) in [6, 6.07) is 13.2. The predicted octanol–water partition coefficient (Wildman–Crippen LogP) is 4.73. The monoisotopic (exact) mass is 371 g/mol. The lowest BCUT2D eigenvalue weighted by atomic mass is 10.0. The second-order valence-corrected chi connectivity index (χ2v) is 6.62. The molecule has 1 heterocycles. The number of hydrogen-bond donors (Lipinski definition) is 0. The van der Waals surface area contributed by atoms with Crippen LogP contribution in [0.2, 0.25) is 5.02 Å². The number of benzene rings is 2. The average Bonchev–Trinajstić information content (AvgIpc) is 3.16. The van der Waals surface area contributed by atoms with Crippen LogP contribution in [0.1, 0.15) is 30.0 Å². The molecular weight excluding hydrogens is 350 g/mol. The molecule has 4 nitrogen and oxygen atoms in total. The molecule has 0 aromatic heterocycles. The van der Waals surface area contributed by atoms with E-state index in [9.17, 15) is 4.79 Å². The SMILES string of the molecule is COc1ccc(C2CCCN2C(=O)C=Cc2ccc(Cl)cc2)c(OC)c1. The summed E-state index contributed by atoms with van der Waals surface area (Å²) in [6.07, 6.45) is 5.33. The molecule has 1 unspecified atom stereocenters. The van der Waals surface area contributed by atoms with Gasteiger partial charge >= 0.3 is 0 Å². The van der Waals surface area contributed by atoms with Gasteiger partial charge in [0.05, 0.1) is 20.3 Å². The fourth-order valence-corrected chi connectivity index (χ4v) is 3.41. The second-order valence-electron chi connectivity index (χ2n) is 6.18. The van der Waals surface area contributed by atoms with Crippen molar-refractivity contribution in [1.29, 1.82) is 0 Å². The molecule has 0 spiro atoms. The Balaban J connectivity index is 1.79. The van der Waals surface area contributed by atoms with Crippen molar-refractivity contribution in [2.75, 3.05) is 20.8 Å². The zero-order valence-electron chi connectivity index (χ0n) is 14.9. The molecule has 5 heteroatoms. The molecule has 26 heavy (non-hydrogen) atoms. The number of ether oxygens (including phenoxy) is 2. The van der Waals surface area contributed by atoms with E-state index in [1.54, 1.807) is 20.3 Å². The van der Waals surface area contributed by atoms with Crippen LogP contribution in [0, 0.1) is 0 Å². The zero-order valence-corrected chi connectivity index (χ0v) is 15.7. The van der Waals surface area contributed by atoms with Gasteiger partial charge in [-0.2, -0.15) is 0 Å². The van der Waals surface area contributed by atoms with Gasteiger partial charge in [-0.3, -0.25) is 4.79 Å². The number of carbonyl (C=O) groups excluding carboxylic acids is 1. The second kappa shape index (κ2) is 8.28. The number of hydrogen-bond acceptors (Lipinski definition) is 3. The minimum atomic E-state index is 0.000297. The number of amides is 1. The highest BCUT2D eigenvalue weighted by atomic mass is 35.5. The maximum Gasteiger partial charge on any atom is 0.247 e. The lowest BCUT2D eigenvalue weighted by Gasteiger charge is -2.25. The fourth-order valence-electron chi connectivity index (χ4n) is 3.28. The van der Waals surface area contributed by atoms with Crippen molar-refractivity contribution in [3.63, 3.8) is 0 Å². The van der Waals surface area contributed by atoms with Crippen LogP contribution in [0.4, 0.5) is 0 Å². The smallest absolute Gasteiger partial charge is 0.247 e. The van der Waals surface area contributed by atoms with Gasteiger partial charge in [-0.1, -0.05) is 23.7 Å². The van der Waals surface area contributed by atoms with Crippen LogP contribution < -0.4 is 9.47 Å². The summed E-state index contributed by atoms with van der Waals surface area (Å²) in [5.74, 6) is 1.49. The molecule has 136 valence electrons. The molecule has 2 aromatic rings. The third-order valence-electron chi connectivity index (χ3n) is 4.62. The van der Waals surface area contributed by atoms with Crippen LogP contribution in [-0.2, 0) is 4.79 Å². The molecule has 3 rings (SSSR count). The lowest BCUT2D eigenvalue weighted by Crippen LogP contribution is -2.29. The first kappa shape index (κ1) is 18.3. The first-order valence-corrected chi connectivity index (χ1v) is 8.96. The maximum atomic E-state index is 12.7. The molecule has 1 amide bonds. The molecule has 1 saturated heterocycles. The van der Waals surface area contributed by atoms with Crippen LogP contribution in [0.25, 0.3) is 6.08 Å². The van der Waals surface area contributed by atoms with Crippen LogP contribution in [0.5, 0.6) is 11.5 Å². The summed E-state index contributed by atoms with van der Waals surface area (Å²) < 4.78 is 10.8. The van der Waals surface area contributed by atoms with Crippen LogP contribution >= 0.6 is 11.6 Å². The largest absolute Gasteiger partial charge is 0.497 e. The van der Waals surface area contributed by atoms with E-state index in [-0.39, 0.29) is 11.9 Å². The van der Waals surface area contributed by atoms with Gasteiger partial charge in [0, 0.05) is 29.3 Å². The molecular formula is C21H22ClNO3. The molecule has 0 saturated carbocycles. The Labute approximate surface area is 159 Å². The third kappa shape index (κ3) is 4.02. The topological polar surface area (TPSA) is 38.8 Å². The normalized spacial score (nSPS) is 16.9. The Morgan fingerprint density at radius 3 is 2.62 bits per heavy atom. The van der Waals surface area contributed by atoms with Gasteiger partial charge in [0.15, 0.2) is 0 Å². The van der Waals surface area contributed by atoms with Gasteiger partial charge in [-0.05, 0) is 48.7 Å². The zero-order chi connectivity index (χ0) is 18.5. The first-order valence-electron chi connectivity index (χ1n) is 8.58. The minimum Gasteiger partial charge on any atom is -0.497 e. The number of halogens is 1. The summed E-state index contributed by atoms with van der Waals surface area (Å²) in [4.78, 5) is 14.6.